The molecule has 0 aliphatic carbocycles. The normalized spacial score (nSPS) is 23.6. The van der Waals surface area contributed by atoms with Crippen molar-refractivity contribution < 1.29 is 22.7 Å². The van der Waals surface area contributed by atoms with Crippen molar-refractivity contribution in [3.63, 3.8) is 0 Å². The number of alkyl halides is 3. The minimum Gasteiger partial charge on any atom is -0.364 e. The maximum absolute atomic E-state index is 11.8. The summed E-state index contributed by atoms with van der Waals surface area (Å²) in [7, 11) is 0. The second-order valence-corrected chi connectivity index (χ2v) is 4.07. The summed E-state index contributed by atoms with van der Waals surface area (Å²) in [4.78, 5) is 11.5. The first-order chi connectivity index (χ1) is 7.92. The number of hydrogen-bond acceptors (Lipinski definition) is 3. The number of amides is 1. The predicted molar refractivity (Wildman–Crippen MR) is 62.5 cm³/mol. The Labute approximate surface area is 110 Å². The van der Waals surface area contributed by atoms with Crippen molar-refractivity contribution in [3.05, 3.63) is 0 Å². The van der Waals surface area contributed by atoms with Gasteiger partial charge in [-0.3, -0.25) is 4.79 Å². The van der Waals surface area contributed by atoms with E-state index in [1.165, 1.54) is 0 Å². The third kappa shape index (κ3) is 6.42. The Kier molecular flexibility index (Phi) is 7.58. The van der Waals surface area contributed by atoms with Gasteiger partial charge in [0.1, 0.15) is 6.10 Å². The van der Waals surface area contributed by atoms with E-state index in [0.717, 1.165) is 6.42 Å². The largest absolute Gasteiger partial charge is 0.389 e. The molecule has 0 bridgehead atoms. The Morgan fingerprint density at radius 1 is 1.39 bits per heavy atom. The highest BCUT2D eigenvalue weighted by molar-refractivity contribution is 5.85. The lowest BCUT2D eigenvalue weighted by Crippen LogP contribution is -2.36. The maximum Gasteiger partial charge on any atom is 0.389 e. The molecule has 8 heteroatoms. The molecule has 18 heavy (non-hydrogen) atoms. The third-order valence-electron chi connectivity index (χ3n) is 2.60. The monoisotopic (exact) mass is 290 g/mol. The Morgan fingerprint density at radius 3 is 2.56 bits per heavy atom. The first-order valence-electron chi connectivity index (χ1n) is 5.62. The zero-order valence-corrected chi connectivity index (χ0v) is 10.6. The van der Waals surface area contributed by atoms with Crippen molar-refractivity contribution in [1.29, 1.82) is 0 Å². The summed E-state index contributed by atoms with van der Waals surface area (Å²) in [6.07, 6.45) is -4.54. The van der Waals surface area contributed by atoms with Crippen LogP contribution in [0.2, 0.25) is 0 Å². The molecule has 1 saturated heterocycles. The van der Waals surface area contributed by atoms with E-state index in [-0.39, 0.29) is 37.4 Å². The van der Waals surface area contributed by atoms with Gasteiger partial charge in [0.15, 0.2) is 0 Å². The summed E-state index contributed by atoms with van der Waals surface area (Å²) in [6, 6.07) is 0. The van der Waals surface area contributed by atoms with Crippen molar-refractivity contribution >= 4 is 18.3 Å². The first kappa shape index (κ1) is 17.5. The fourth-order valence-corrected chi connectivity index (χ4v) is 1.69. The SMILES string of the molecule is Cl.NC[C@H]1CC[C@@H](C(=O)NCCCC(F)(F)F)O1. The molecule has 108 valence electrons. The van der Waals surface area contributed by atoms with Crippen LogP contribution >= 0.6 is 12.4 Å². The molecule has 0 saturated carbocycles. The molecule has 0 radical (unpaired) electrons. The Balaban J connectivity index is 0.00000289. The molecule has 1 heterocycles. The molecular formula is C10H18ClF3N2O2. The number of hydrogen-bond donors (Lipinski definition) is 2. The predicted octanol–water partition coefficient (Wildman–Crippen LogP) is 1.37. The van der Waals surface area contributed by atoms with Crippen LogP contribution in [-0.2, 0) is 9.53 Å². The van der Waals surface area contributed by atoms with Crippen LogP contribution in [0.25, 0.3) is 0 Å². The Bertz CT molecular complexity index is 264. The van der Waals surface area contributed by atoms with E-state index in [4.69, 9.17) is 10.5 Å². The minimum atomic E-state index is -4.17. The van der Waals surface area contributed by atoms with E-state index in [9.17, 15) is 18.0 Å². The quantitative estimate of drug-likeness (QED) is 0.752. The summed E-state index contributed by atoms with van der Waals surface area (Å²) in [5, 5.41) is 2.44. The number of carbonyl (C=O) groups is 1. The molecular weight excluding hydrogens is 273 g/mol. The molecule has 0 aromatic rings. The van der Waals surface area contributed by atoms with Crippen LogP contribution in [0.4, 0.5) is 13.2 Å². The van der Waals surface area contributed by atoms with Crippen LogP contribution in [0, 0.1) is 0 Å². The van der Waals surface area contributed by atoms with Crippen LogP contribution in [0.15, 0.2) is 0 Å². The van der Waals surface area contributed by atoms with Gasteiger partial charge in [-0.25, -0.2) is 0 Å². The zero-order valence-electron chi connectivity index (χ0n) is 9.83. The van der Waals surface area contributed by atoms with E-state index >= 15 is 0 Å². The van der Waals surface area contributed by atoms with Crippen LogP contribution in [0.1, 0.15) is 25.7 Å². The molecule has 3 N–H and O–H groups in total. The summed E-state index contributed by atoms with van der Waals surface area (Å²) in [6.45, 7) is 0.378. The van der Waals surface area contributed by atoms with Gasteiger partial charge in [-0.1, -0.05) is 0 Å². The van der Waals surface area contributed by atoms with Gasteiger partial charge in [-0.05, 0) is 19.3 Å². The topological polar surface area (TPSA) is 64.4 Å². The fraction of sp³-hybridized carbons (Fsp3) is 0.900. The highest BCUT2D eigenvalue weighted by atomic mass is 35.5. The fourth-order valence-electron chi connectivity index (χ4n) is 1.69. The molecule has 1 fully saturated rings. The smallest absolute Gasteiger partial charge is 0.364 e. The average Bonchev–Trinajstić information content (AvgIpc) is 2.71. The van der Waals surface area contributed by atoms with E-state index in [0.29, 0.717) is 13.0 Å². The molecule has 4 nitrogen and oxygen atoms in total. The third-order valence-corrected chi connectivity index (χ3v) is 2.60. The number of rotatable bonds is 5. The van der Waals surface area contributed by atoms with Crippen LogP contribution in [-0.4, -0.2) is 37.4 Å². The first-order valence-corrected chi connectivity index (χ1v) is 5.62. The molecule has 0 aromatic carbocycles. The van der Waals surface area contributed by atoms with Gasteiger partial charge in [0.2, 0.25) is 5.91 Å². The second kappa shape index (κ2) is 7.81. The van der Waals surface area contributed by atoms with Crippen molar-refractivity contribution in [2.75, 3.05) is 13.1 Å². The van der Waals surface area contributed by atoms with Gasteiger partial charge in [-0.2, -0.15) is 13.2 Å². The molecule has 0 spiro atoms. The summed E-state index contributed by atoms with van der Waals surface area (Å²) in [5.41, 5.74) is 5.38. The van der Waals surface area contributed by atoms with Gasteiger partial charge in [-0.15, -0.1) is 12.4 Å². The van der Waals surface area contributed by atoms with Crippen LogP contribution < -0.4 is 11.1 Å². The van der Waals surface area contributed by atoms with Crippen molar-refractivity contribution in [2.24, 2.45) is 5.73 Å². The summed E-state index contributed by atoms with van der Waals surface area (Å²) >= 11 is 0. The Morgan fingerprint density at radius 2 is 2.06 bits per heavy atom. The Hall–Kier alpha value is -0.530. The summed E-state index contributed by atoms with van der Waals surface area (Å²) < 4.78 is 40.8. The lowest BCUT2D eigenvalue weighted by Gasteiger charge is -2.13. The second-order valence-electron chi connectivity index (χ2n) is 4.07. The van der Waals surface area contributed by atoms with Gasteiger partial charge >= 0.3 is 6.18 Å². The zero-order chi connectivity index (χ0) is 12.9. The molecule has 1 amide bonds. The molecule has 1 aliphatic rings. The minimum absolute atomic E-state index is 0. The lowest BCUT2D eigenvalue weighted by molar-refractivity contribution is -0.138. The number of ether oxygens (including phenoxy) is 1. The van der Waals surface area contributed by atoms with Crippen LogP contribution in [0.3, 0.4) is 0 Å². The number of carbonyl (C=O) groups excluding carboxylic acids is 1. The standard InChI is InChI=1S/C10H17F3N2O2.ClH/c11-10(12,13)4-1-5-15-9(16)8-3-2-7(6-14)17-8;/h7-8H,1-6,14H2,(H,15,16);1H/t7-,8+;/m1./s1. The van der Waals surface area contributed by atoms with Gasteiger partial charge in [0.05, 0.1) is 6.10 Å². The van der Waals surface area contributed by atoms with E-state index < -0.39 is 18.7 Å². The highest BCUT2D eigenvalue weighted by Gasteiger charge is 2.30. The molecule has 1 rings (SSSR count). The van der Waals surface area contributed by atoms with Gasteiger partial charge < -0.3 is 15.8 Å². The number of nitrogens with one attached hydrogen (secondary N) is 1. The summed E-state index contributed by atoms with van der Waals surface area (Å²) in [5.74, 6) is -0.344. The van der Waals surface area contributed by atoms with Crippen molar-refractivity contribution in [1.82, 2.24) is 5.32 Å². The molecule has 0 unspecified atom stereocenters. The molecule has 2 atom stereocenters. The van der Waals surface area contributed by atoms with Gasteiger partial charge in [0.25, 0.3) is 0 Å². The van der Waals surface area contributed by atoms with Crippen molar-refractivity contribution in [2.45, 2.75) is 44.1 Å². The maximum atomic E-state index is 11.8. The van der Waals surface area contributed by atoms with Crippen molar-refractivity contribution in [3.8, 4) is 0 Å². The van der Waals surface area contributed by atoms with E-state index in [1.54, 1.807) is 0 Å². The average molecular weight is 291 g/mol. The van der Waals surface area contributed by atoms with Gasteiger partial charge in [0, 0.05) is 19.5 Å². The lowest BCUT2D eigenvalue weighted by atomic mass is 10.2. The highest BCUT2D eigenvalue weighted by Crippen LogP contribution is 2.21. The number of halogens is 4. The van der Waals surface area contributed by atoms with E-state index in [1.807, 2.05) is 0 Å². The molecule has 1 aliphatic heterocycles. The molecule has 0 aromatic heterocycles. The van der Waals surface area contributed by atoms with Crippen LogP contribution in [0.5, 0.6) is 0 Å². The van der Waals surface area contributed by atoms with E-state index in [2.05, 4.69) is 5.32 Å². The number of nitrogens with two attached hydrogens (primary N) is 1.